The minimum Gasteiger partial charge on any atom is -0.464 e. The summed E-state index contributed by atoms with van der Waals surface area (Å²) in [5.74, 6) is -0.126. The third-order valence-corrected chi connectivity index (χ3v) is 3.46. The van der Waals surface area contributed by atoms with Crippen LogP contribution < -0.4 is 5.32 Å². The number of nitrogens with one attached hydrogen (secondary N) is 2. The van der Waals surface area contributed by atoms with Gasteiger partial charge < -0.3 is 19.9 Å². The number of aromatic amines is 1. The van der Waals surface area contributed by atoms with Crippen molar-refractivity contribution in [3.05, 3.63) is 23.5 Å². The van der Waals surface area contributed by atoms with Crippen LogP contribution in [-0.4, -0.2) is 48.0 Å². The Morgan fingerprint density at radius 2 is 2.35 bits per heavy atom. The molecule has 1 saturated heterocycles. The van der Waals surface area contributed by atoms with Crippen molar-refractivity contribution in [2.24, 2.45) is 0 Å². The van der Waals surface area contributed by atoms with Crippen molar-refractivity contribution >= 4 is 11.9 Å². The van der Waals surface area contributed by atoms with Gasteiger partial charge in [-0.25, -0.2) is 4.79 Å². The lowest BCUT2D eigenvalue weighted by molar-refractivity contribution is -0.127. The molecule has 2 heterocycles. The summed E-state index contributed by atoms with van der Waals surface area (Å²) in [5, 5.41) is 3.34. The molecule has 20 heavy (non-hydrogen) atoms. The summed E-state index contributed by atoms with van der Waals surface area (Å²) in [5.41, 5.74) is 1.37. The lowest BCUT2D eigenvalue weighted by atomic mass is 10.3. The highest BCUT2D eigenvalue weighted by Gasteiger charge is 2.21. The molecular formula is C14H21N3O3. The Morgan fingerprint density at radius 3 is 3.00 bits per heavy atom. The number of rotatable bonds is 6. The number of hydrogen-bond donors (Lipinski definition) is 2. The highest BCUT2D eigenvalue weighted by atomic mass is 16.5. The predicted octanol–water partition coefficient (Wildman–Crippen LogP) is 0.902. The number of amides is 1. The number of likely N-dealkylation sites (tertiary alicyclic amines) is 1. The van der Waals surface area contributed by atoms with E-state index in [4.69, 9.17) is 0 Å². The first-order valence-corrected chi connectivity index (χ1v) is 6.87. The van der Waals surface area contributed by atoms with Crippen LogP contribution in [0.4, 0.5) is 0 Å². The van der Waals surface area contributed by atoms with E-state index in [1.807, 2.05) is 11.0 Å². The van der Waals surface area contributed by atoms with Crippen molar-refractivity contribution in [1.82, 2.24) is 15.2 Å². The molecule has 6 heteroatoms. The lowest BCUT2D eigenvalue weighted by Crippen LogP contribution is -2.39. The van der Waals surface area contributed by atoms with Gasteiger partial charge >= 0.3 is 5.97 Å². The average molecular weight is 279 g/mol. The van der Waals surface area contributed by atoms with Crippen LogP contribution in [0.1, 0.15) is 35.9 Å². The second-order valence-corrected chi connectivity index (χ2v) is 5.11. The van der Waals surface area contributed by atoms with E-state index in [1.165, 1.54) is 7.11 Å². The molecule has 1 aromatic rings. The van der Waals surface area contributed by atoms with Crippen LogP contribution >= 0.6 is 0 Å². The van der Waals surface area contributed by atoms with E-state index in [2.05, 4.69) is 22.0 Å². The smallest absolute Gasteiger partial charge is 0.354 e. The zero-order valence-electron chi connectivity index (χ0n) is 11.9. The Morgan fingerprint density at radius 1 is 1.55 bits per heavy atom. The molecule has 110 valence electrons. The standard InChI is InChI=1S/C14H21N3O3/c1-10(9-17-7-3-4-13(17)18)15-8-11-5-6-12(16-11)14(19)20-2/h5-6,10,15-16H,3-4,7-9H2,1-2H3. The number of methoxy groups -OCH3 is 1. The summed E-state index contributed by atoms with van der Waals surface area (Å²) in [6, 6.07) is 3.77. The topological polar surface area (TPSA) is 74.4 Å². The minimum absolute atomic E-state index is 0.210. The predicted molar refractivity (Wildman–Crippen MR) is 74.2 cm³/mol. The number of carbonyl (C=O) groups excluding carboxylic acids is 2. The van der Waals surface area contributed by atoms with E-state index in [0.717, 1.165) is 25.2 Å². The maximum atomic E-state index is 11.5. The molecular weight excluding hydrogens is 258 g/mol. The average Bonchev–Trinajstić information content (AvgIpc) is 3.06. The zero-order valence-corrected chi connectivity index (χ0v) is 11.9. The van der Waals surface area contributed by atoms with Gasteiger partial charge in [0, 0.05) is 37.8 Å². The molecule has 1 aliphatic rings. The number of hydrogen-bond acceptors (Lipinski definition) is 4. The molecule has 1 amide bonds. The molecule has 0 radical (unpaired) electrons. The van der Waals surface area contributed by atoms with Crippen LogP contribution in [0.2, 0.25) is 0 Å². The van der Waals surface area contributed by atoms with Gasteiger partial charge in [-0.1, -0.05) is 0 Å². The largest absolute Gasteiger partial charge is 0.464 e. The molecule has 6 nitrogen and oxygen atoms in total. The van der Waals surface area contributed by atoms with Crippen LogP contribution in [0.5, 0.6) is 0 Å². The van der Waals surface area contributed by atoms with E-state index in [0.29, 0.717) is 18.7 Å². The summed E-state index contributed by atoms with van der Waals surface area (Å²) in [7, 11) is 1.36. The normalized spacial score (nSPS) is 16.5. The van der Waals surface area contributed by atoms with Gasteiger partial charge in [-0.3, -0.25) is 4.79 Å². The molecule has 0 aliphatic carbocycles. The fourth-order valence-corrected chi connectivity index (χ4v) is 2.35. The molecule has 1 fully saturated rings. The van der Waals surface area contributed by atoms with Crippen LogP contribution in [0.3, 0.4) is 0 Å². The van der Waals surface area contributed by atoms with Crippen molar-refractivity contribution < 1.29 is 14.3 Å². The van der Waals surface area contributed by atoms with Gasteiger partial charge in [0.05, 0.1) is 7.11 Å². The molecule has 1 aliphatic heterocycles. The maximum absolute atomic E-state index is 11.5. The van der Waals surface area contributed by atoms with Gasteiger partial charge in [-0.05, 0) is 25.5 Å². The van der Waals surface area contributed by atoms with E-state index in [-0.39, 0.29) is 17.9 Å². The van der Waals surface area contributed by atoms with E-state index < -0.39 is 0 Å². The molecule has 2 rings (SSSR count). The van der Waals surface area contributed by atoms with Crippen LogP contribution in [0.15, 0.2) is 12.1 Å². The fraction of sp³-hybridized carbons (Fsp3) is 0.571. The summed E-state index contributed by atoms with van der Waals surface area (Å²) in [6.07, 6.45) is 1.64. The van der Waals surface area contributed by atoms with E-state index >= 15 is 0 Å². The van der Waals surface area contributed by atoms with Crippen molar-refractivity contribution in [3.8, 4) is 0 Å². The fourth-order valence-electron chi connectivity index (χ4n) is 2.35. The lowest BCUT2D eigenvalue weighted by Gasteiger charge is -2.21. The molecule has 0 bridgehead atoms. The molecule has 2 N–H and O–H groups in total. The summed E-state index contributed by atoms with van der Waals surface area (Å²) >= 11 is 0. The van der Waals surface area contributed by atoms with Crippen molar-refractivity contribution in [2.75, 3.05) is 20.2 Å². The van der Waals surface area contributed by atoms with Gasteiger partial charge in [-0.15, -0.1) is 0 Å². The number of carbonyl (C=O) groups is 2. The molecule has 1 unspecified atom stereocenters. The number of aromatic nitrogens is 1. The van der Waals surface area contributed by atoms with Gasteiger partial charge in [-0.2, -0.15) is 0 Å². The highest BCUT2D eigenvalue weighted by Crippen LogP contribution is 2.10. The number of nitrogens with zero attached hydrogens (tertiary/aromatic N) is 1. The number of esters is 1. The third kappa shape index (κ3) is 3.60. The van der Waals surface area contributed by atoms with Crippen LogP contribution in [0, 0.1) is 0 Å². The first kappa shape index (κ1) is 14.6. The van der Waals surface area contributed by atoms with Gasteiger partial charge in [0.1, 0.15) is 5.69 Å². The van der Waals surface area contributed by atoms with Gasteiger partial charge in [0.15, 0.2) is 0 Å². The first-order valence-electron chi connectivity index (χ1n) is 6.87. The Hall–Kier alpha value is -1.82. The number of H-pyrrole nitrogens is 1. The molecule has 0 spiro atoms. The van der Waals surface area contributed by atoms with Crippen LogP contribution in [-0.2, 0) is 16.1 Å². The van der Waals surface area contributed by atoms with Gasteiger partial charge in [0.25, 0.3) is 0 Å². The quantitative estimate of drug-likeness (QED) is 0.759. The van der Waals surface area contributed by atoms with Crippen molar-refractivity contribution in [2.45, 2.75) is 32.4 Å². The van der Waals surface area contributed by atoms with E-state index in [9.17, 15) is 9.59 Å². The van der Waals surface area contributed by atoms with Gasteiger partial charge in [0.2, 0.25) is 5.91 Å². The van der Waals surface area contributed by atoms with Crippen molar-refractivity contribution in [1.29, 1.82) is 0 Å². The summed E-state index contributed by atoms with van der Waals surface area (Å²) < 4.78 is 4.64. The Bertz CT molecular complexity index is 484. The molecule has 0 aromatic carbocycles. The maximum Gasteiger partial charge on any atom is 0.354 e. The molecule has 1 aromatic heterocycles. The summed E-state index contributed by atoms with van der Waals surface area (Å²) in [4.78, 5) is 27.7. The monoisotopic (exact) mass is 279 g/mol. The SMILES string of the molecule is COC(=O)c1ccc(CNC(C)CN2CCCC2=O)[nH]1. The minimum atomic E-state index is -0.369. The Labute approximate surface area is 118 Å². The first-order chi connectivity index (χ1) is 9.60. The Balaban J connectivity index is 1.78. The molecule has 0 saturated carbocycles. The summed E-state index contributed by atoms with van der Waals surface area (Å²) in [6.45, 7) is 4.26. The molecule has 1 atom stereocenters. The second-order valence-electron chi connectivity index (χ2n) is 5.11. The van der Waals surface area contributed by atoms with Crippen LogP contribution in [0.25, 0.3) is 0 Å². The Kier molecular flexibility index (Phi) is 4.79. The highest BCUT2D eigenvalue weighted by molar-refractivity contribution is 5.87. The number of ether oxygens (including phenoxy) is 1. The van der Waals surface area contributed by atoms with E-state index in [1.54, 1.807) is 6.07 Å². The zero-order chi connectivity index (χ0) is 14.5. The van der Waals surface area contributed by atoms with Crippen molar-refractivity contribution in [3.63, 3.8) is 0 Å². The third-order valence-electron chi connectivity index (χ3n) is 3.46. The second kappa shape index (κ2) is 6.56.